The minimum atomic E-state index is -0.410. The molecule has 3 rings (SSSR count). The Kier molecular flexibility index (Phi) is 4.99. The first-order valence-corrected chi connectivity index (χ1v) is 7.88. The van der Waals surface area contributed by atoms with Gasteiger partial charge in [-0.05, 0) is 44.2 Å². The molecule has 1 aromatic carbocycles. The van der Waals surface area contributed by atoms with Gasteiger partial charge in [0.2, 0.25) is 0 Å². The molecule has 2 N–H and O–H groups in total. The molecule has 0 fully saturated rings. The first kappa shape index (κ1) is 16.6. The van der Waals surface area contributed by atoms with Gasteiger partial charge in [-0.2, -0.15) is 5.10 Å². The third kappa shape index (κ3) is 4.38. The minimum absolute atomic E-state index is 0.186. The lowest BCUT2D eigenvalue weighted by Gasteiger charge is -2.03. The SMILES string of the molecule is Cc1cc(/C=N/NC(=O)c2ccc(COc3ccccc3)o2)c(C)[nH]1. The summed E-state index contributed by atoms with van der Waals surface area (Å²) in [6.45, 7) is 4.16. The minimum Gasteiger partial charge on any atom is -0.486 e. The Morgan fingerprint density at radius 3 is 2.76 bits per heavy atom. The fourth-order valence-corrected chi connectivity index (χ4v) is 2.34. The Labute approximate surface area is 145 Å². The summed E-state index contributed by atoms with van der Waals surface area (Å²) >= 11 is 0. The lowest BCUT2D eigenvalue weighted by molar-refractivity contribution is 0.0923. The van der Waals surface area contributed by atoms with Crippen LogP contribution in [0.5, 0.6) is 5.75 Å². The van der Waals surface area contributed by atoms with Crippen molar-refractivity contribution in [1.29, 1.82) is 0 Å². The summed E-state index contributed by atoms with van der Waals surface area (Å²) < 4.78 is 11.1. The highest BCUT2D eigenvalue weighted by molar-refractivity contribution is 5.92. The molecule has 0 saturated heterocycles. The van der Waals surface area contributed by atoms with Gasteiger partial charge in [0.15, 0.2) is 5.76 Å². The Morgan fingerprint density at radius 2 is 2.04 bits per heavy atom. The van der Waals surface area contributed by atoms with Gasteiger partial charge in [0.1, 0.15) is 18.1 Å². The zero-order valence-electron chi connectivity index (χ0n) is 14.1. The van der Waals surface area contributed by atoms with Gasteiger partial charge in [-0.1, -0.05) is 18.2 Å². The van der Waals surface area contributed by atoms with Gasteiger partial charge < -0.3 is 14.1 Å². The average molecular weight is 337 g/mol. The van der Waals surface area contributed by atoms with Crippen LogP contribution >= 0.6 is 0 Å². The Hall–Kier alpha value is -3.28. The number of carbonyl (C=O) groups is 1. The summed E-state index contributed by atoms with van der Waals surface area (Å²) in [5, 5.41) is 3.96. The van der Waals surface area contributed by atoms with Gasteiger partial charge in [-0.15, -0.1) is 0 Å². The third-order valence-corrected chi connectivity index (χ3v) is 3.57. The van der Waals surface area contributed by atoms with E-state index >= 15 is 0 Å². The van der Waals surface area contributed by atoms with Crippen LogP contribution in [-0.4, -0.2) is 17.1 Å². The molecule has 128 valence electrons. The molecule has 2 aromatic heterocycles. The number of nitrogens with one attached hydrogen (secondary N) is 2. The predicted molar refractivity (Wildman–Crippen MR) is 94.8 cm³/mol. The van der Waals surface area contributed by atoms with Crippen molar-refractivity contribution in [2.24, 2.45) is 5.10 Å². The molecule has 0 spiro atoms. The van der Waals surface area contributed by atoms with Crippen molar-refractivity contribution < 1.29 is 13.9 Å². The summed E-state index contributed by atoms with van der Waals surface area (Å²) in [7, 11) is 0. The second-order valence-electron chi connectivity index (χ2n) is 5.60. The number of ether oxygens (including phenoxy) is 1. The number of nitrogens with zero attached hydrogens (tertiary/aromatic N) is 1. The molecule has 0 aliphatic rings. The highest BCUT2D eigenvalue weighted by atomic mass is 16.5. The number of hydrogen-bond acceptors (Lipinski definition) is 4. The summed E-state index contributed by atoms with van der Waals surface area (Å²) in [6.07, 6.45) is 1.60. The monoisotopic (exact) mass is 337 g/mol. The number of amides is 1. The van der Waals surface area contributed by atoms with E-state index in [1.165, 1.54) is 0 Å². The van der Waals surface area contributed by atoms with Crippen molar-refractivity contribution in [2.45, 2.75) is 20.5 Å². The molecular weight excluding hydrogens is 318 g/mol. The zero-order chi connectivity index (χ0) is 17.6. The number of para-hydroxylation sites is 1. The van der Waals surface area contributed by atoms with Crippen molar-refractivity contribution in [3.63, 3.8) is 0 Å². The average Bonchev–Trinajstić information content (AvgIpc) is 3.20. The maximum absolute atomic E-state index is 12.0. The third-order valence-electron chi connectivity index (χ3n) is 3.57. The van der Waals surface area contributed by atoms with Crippen molar-refractivity contribution in [3.8, 4) is 5.75 Å². The van der Waals surface area contributed by atoms with E-state index in [2.05, 4.69) is 15.5 Å². The molecule has 0 radical (unpaired) electrons. The maximum Gasteiger partial charge on any atom is 0.307 e. The normalized spacial score (nSPS) is 11.0. The smallest absolute Gasteiger partial charge is 0.307 e. The van der Waals surface area contributed by atoms with Crippen LogP contribution in [0.15, 0.2) is 58.0 Å². The lowest BCUT2D eigenvalue weighted by atomic mass is 10.3. The quantitative estimate of drug-likeness (QED) is 0.533. The Morgan fingerprint density at radius 1 is 1.24 bits per heavy atom. The van der Waals surface area contributed by atoms with Crippen LogP contribution in [-0.2, 0) is 6.61 Å². The van der Waals surface area contributed by atoms with E-state index < -0.39 is 5.91 Å². The highest BCUT2D eigenvalue weighted by Crippen LogP contribution is 2.14. The molecule has 25 heavy (non-hydrogen) atoms. The van der Waals surface area contributed by atoms with Gasteiger partial charge in [-0.3, -0.25) is 4.79 Å². The fourth-order valence-electron chi connectivity index (χ4n) is 2.34. The van der Waals surface area contributed by atoms with E-state index in [9.17, 15) is 4.79 Å². The Bertz CT molecular complexity index is 878. The van der Waals surface area contributed by atoms with Gasteiger partial charge in [-0.25, -0.2) is 5.43 Å². The molecule has 0 unspecified atom stereocenters. The molecule has 6 nitrogen and oxygen atoms in total. The summed E-state index contributed by atoms with van der Waals surface area (Å²) in [5.74, 6) is 1.08. The molecule has 0 saturated carbocycles. The molecule has 0 aliphatic heterocycles. The van der Waals surface area contributed by atoms with Crippen molar-refractivity contribution in [2.75, 3.05) is 0 Å². The number of rotatable bonds is 6. The van der Waals surface area contributed by atoms with Crippen LogP contribution in [0.2, 0.25) is 0 Å². The number of hydrazone groups is 1. The van der Waals surface area contributed by atoms with Crippen LogP contribution in [0.1, 0.15) is 33.3 Å². The summed E-state index contributed by atoms with van der Waals surface area (Å²) in [4.78, 5) is 15.2. The first-order valence-electron chi connectivity index (χ1n) is 7.88. The van der Waals surface area contributed by atoms with Gasteiger partial charge in [0, 0.05) is 17.0 Å². The molecular formula is C19H19N3O3. The maximum atomic E-state index is 12.0. The molecule has 2 heterocycles. The van der Waals surface area contributed by atoms with Crippen molar-refractivity contribution in [3.05, 3.63) is 77.0 Å². The number of aromatic nitrogens is 1. The van der Waals surface area contributed by atoms with E-state index in [0.717, 1.165) is 22.7 Å². The molecule has 6 heteroatoms. The van der Waals surface area contributed by atoms with Crippen molar-refractivity contribution in [1.82, 2.24) is 10.4 Å². The first-order chi connectivity index (χ1) is 12.1. The van der Waals surface area contributed by atoms with E-state index in [4.69, 9.17) is 9.15 Å². The van der Waals surface area contributed by atoms with Crippen LogP contribution in [0, 0.1) is 13.8 Å². The number of aryl methyl sites for hydroxylation is 2. The second kappa shape index (κ2) is 7.53. The largest absolute Gasteiger partial charge is 0.486 e. The van der Waals surface area contributed by atoms with Crippen LogP contribution in [0.4, 0.5) is 0 Å². The molecule has 1 amide bonds. The number of H-pyrrole nitrogens is 1. The van der Waals surface area contributed by atoms with Crippen LogP contribution in [0.25, 0.3) is 0 Å². The van der Waals surface area contributed by atoms with E-state index in [1.807, 2.05) is 50.2 Å². The summed E-state index contributed by atoms with van der Waals surface area (Å²) in [6, 6.07) is 14.7. The van der Waals surface area contributed by atoms with Gasteiger partial charge in [0.05, 0.1) is 6.21 Å². The van der Waals surface area contributed by atoms with E-state index in [-0.39, 0.29) is 12.4 Å². The summed E-state index contributed by atoms with van der Waals surface area (Å²) in [5.41, 5.74) is 5.41. The Balaban J connectivity index is 1.54. The highest BCUT2D eigenvalue weighted by Gasteiger charge is 2.11. The number of benzene rings is 1. The van der Waals surface area contributed by atoms with Crippen molar-refractivity contribution >= 4 is 12.1 Å². The fraction of sp³-hybridized carbons (Fsp3) is 0.158. The number of carbonyl (C=O) groups excluding carboxylic acids is 1. The molecule has 0 atom stereocenters. The van der Waals surface area contributed by atoms with Gasteiger partial charge >= 0.3 is 5.91 Å². The second-order valence-corrected chi connectivity index (χ2v) is 5.60. The molecule has 3 aromatic rings. The molecule has 0 aliphatic carbocycles. The number of aromatic amines is 1. The number of furan rings is 1. The zero-order valence-corrected chi connectivity index (χ0v) is 14.1. The molecule has 0 bridgehead atoms. The van der Waals surface area contributed by atoms with Crippen LogP contribution in [0.3, 0.4) is 0 Å². The van der Waals surface area contributed by atoms with E-state index in [1.54, 1.807) is 18.3 Å². The van der Waals surface area contributed by atoms with Crippen LogP contribution < -0.4 is 10.2 Å². The van der Waals surface area contributed by atoms with Gasteiger partial charge in [0.25, 0.3) is 0 Å². The standard InChI is InChI=1S/C19H19N3O3/c1-13-10-15(14(2)21-13)11-20-22-19(23)18-9-8-17(25-18)12-24-16-6-4-3-5-7-16/h3-11,21H,12H2,1-2H3,(H,22,23)/b20-11+. The topological polar surface area (TPSA) is 79.6 Å². The number of hydrogen-bond donors (Lipinski definition) is 2. The van der Waals surface area contributed by atoms with E-state index in [0.29, 0.717) is 5.76 Å². The lowest BCUT2D eigenvalue weighted by Crippen LogP contribution is -2.16. The predicted octanol–water partition coefficient (Wildman–Crippen LogP) is 3.57.